The van der Waals surface area contributed by atoms with Gasteiger partial charge in [-0.1, -0.05) is 23.7 Å². The summed E-state index contributed by atoms with van der Waals surface area (Å²) in [6.45, 7) is 1.46. The van der Waals surface area contributed by atoms with Crippen molar-refractivity contribution in [1.82, 2.24) is 5.32 Å². The molecular weight excluding hydrogens is 261 g/mol. The van der Waals surface area contributed by atoms with Gasteiger partial charge in [0.25, 0.3) is 0 Å². The number of rotatable bonds is 5. The molecule has 0 aliphatic heterocycles. The summed E-state index contributed by atoms with van der Waals surface area (Å²) in [6.07, 6.45) is 0.545. The number of hydrogen-bond acceptors (Lipinski definition) is 2. The minimum atomic E-state index is -0.603. The first-order valence-electron chi connectivity index (χ1n) is 5.32. The first-order valence-corrected chi connectivity index (χ1v) is 6.14. The van der Waals surface area contributed by atoms with E-state index < -0.39 is 5.38 Å². The van der Waals surface area contributed by atoms with E-state index in [0.717, 1.165) is 5.56 Å². The molecule has 1 aromatic carbocycles. The van der Waals surface area contributed by atoms with Crippen molar-refractivity contribution in [3.05, 3.63) is 34.9 Å². The molecule has 5 heteroatoms. The van der Waals surface area contributed by atoms with Gasteiger partial charge in [-0.05, 0) is 31.0 Å². The maximum Gasteiger partial charge on any atom is 0.238 e. The van der Waals surface area contributed by atoms with E-state index in [1.807, 2.05) is 12.1 Å². The highest BCUT2D eigenvalue weighted by Gasteiger charge is 2.15. The van der Waals surface area contributed by atoms with Crippen LogP contribution in [0.2, 0.25) is 5.02 Å². The highest BCUT2D eigenvalue weighted by Crippen LogP contribution is 2.11. The summed E-state index contributed by atoms with van der Waals surface area (Å²) in [7, 11) is 0. The largest absolute Gasteiger partial charge is 0.394 e. The number of alkyl halides is 1. The van der Waals surface area contributed by atoms with E-state index in [1.165, 1.54) is 0 Å². The predicted octanol–water partition coefficient (Wildman–Crippen LogP) is 1.99. The van der Waals surface area contributed by atoms with Crippen molar-refractivity contribution in [2.75, 3.05) is 6.61 Å². The summed E-state index contributed by atoms with van der Waals surface area (Å²) >= 11 is 11.4. The summed E-state index contributed by atoms with van der Waals surface area (Å²) in [4.78, 5) is 11.4. The number of amides is 1. The van der Waals surface area contributed by atoms with Gasteiger partial charge < -0.3 is 10.4 Å². The third kappa shape index (κ3) is 4.94. The molecule has 1 rings (SSSR count). The average Bonchev–Trinajstić information content (AvgIpc) is 2.30. The number of benzene rings is 1. The third-order valence-corrected chi connectivity index (χ3v) is 2.77. The zero-order valence-corrected chi connectivity index (χ0v) is 11.0. The molecule has 0 aromatic heterocycles. The number of nitrogens with one attached hydrogen (secondary N) is 1. The maximum absolute atomic E-state index is 11.4. The lowest BCUT2D eigenvalue weighted by Crippen LogP contribution is -2.42. The molecule has 0 unspecified atom stereocenters. The van der Waals surface area contributed by atoms with Gasteiger partial charge in [0.15, 0.2) is 0 Å². The van der Waals surface area contributed by atoms with Gasteiger partial charge in [0.05, 0.1) is 12.6 Å². The number of carbonyl (C=O) groups is 1. The first-order chi connectivity index (χ1) is 8.02. The molecule has 3 nitrogen and oxygen atoms in total. The molecule has 0 radical (unpaired) electrons. The van der Waals surface area contributed by atoms with Gasteiger partial charge in [-0.2, -0.15) is 0 Å². The van der Waals surface area contributed by atoms with Crippen molar-refractivity contribution in [1.29, 1.82) is 0 Å². The standard InChI is InChI=1S/C12H15Cl2NO2/c1-8(13)12(17)15-11(7-16)6-9-2-4-10(14)5-3-9/h2-5,8,11,16H,6-7H2,1H3,(H,15,17)/t8-,11-/m0/s1. The van der Waals surface area contributed by atoms with Crippen LogP contribution in [0.4, 0.5) is 0 Å². The van der Waals surface area contributed by atoms with Crippen molar-refractivity contribution in [3.63, 3.8) is 0 Å². The van der Waals surface area contributed by atoms with E-state index in [1.54, 1.807) is 19.1 Å². The molecule has 17 heavy (non-hydrogen) atoms. The van der Waals surface area contributed by atoms with E-state index >= 15 is 0 Å². The van der Waals surface area contributed by atoms with Crippen molar-refractivity contribution in [2.45, 2.75) is 24.8 Å². The third-order valence-electron chi connectivity index (χ3n) is 2.32. The Hall–Kier alpha value is -0.770. The van der Waals surface area contributed by atoms with E-state index in [-0.39, 0.29) is 18.6 Å². The number of aliphatic hydroxyl groups is 1. The van der Waals surface area contributed by atoms with Crippen molar-refractivity contribution in [3.8, 4) is 0 Å². The van der Waals surface area contributed by atoms with Gasteiger partial charge >= 0.3 is 0 Å². The lowest BCUT2D eigenvalue weighted by atomic mass is 10.1. The fourth-order valence-electron chi connectivity index (χ4n) is 1.38. The molecule has 0 heterocycles. The summed E-state index contributed by atoms with van der Waals surface area (Å²) in [5, 5.41) is 11.9. The molecule has 0 spiro atoms. The van der Waals surface area contributed by atoms with Crippen LogP contribution in [0.1, 0.15) is 12.5 Å². The molecule has 2 N–H and O–H groups in total. The van der Waals surface area contributed by atoms with E-state index in [9.17, 15) is 9.90 Å². The smallest absolute Gasteiger partial charge is 0.238 e. The molecule has 1 amide bonds. The summed E-state index contributed by atoms with van der Waals surface area (Å²) in [6, 6.07) is 6.95. The minimum absolute atomic E-state index is 0.127. The minimum Gasteiger partial charge on any atom is -0.394 e. The molecule has 0 aliphatic rings. The highest BCUT2D eigenvalue weighted by molar-refractivity contribution is 6.30. The Morgan fingerprint density at radius 2 is 2.00 bits per heavy atom. The van der Waals surface area contributed by atoms with Crippen molar-refractivity contribution < 1.29 is 9.90 Å². The summed E-state index contributed by atoms with van der Waals surface area (Å²) in [5.74, 6) is -0.278. The molecule has 0 saturated heterocycles. The Morgan fingerprint density at radius 1 is 1.41 bits per heavy atom. The Labute approximate surface area is 111 Å². The Kier molecular flexibility index (Phi) is 5.75. The van der Waals surface area contributed by atoms with Gasteiger partial charge in [-0.3, -0.25) is 4.79 Å². The lowest BCUT2D eigenvalue weighted by Gasteiger charge is -2.17. The molecule has 0 aliphatic carbocycles. The SMILES string of the molecule is C[C@H](Cl)C(=O)N[C@H](CO)Cc1ccc(Cl)cc1. The second-order valence-corrected chi connectivity index (χ2v) is 4.93. The fraction of sp³-hybridized carbons (Fsp3) is 0.417. The topological polar surface area (TPSA) is 49.3 Å². The van der Waals surface area contributed by atoms with Crippen LogP contribution < -0.4 is 5.32 Å². The fourth-order valence-corrected chi connectivity index (χ4v) is 1.57. The molecular formula is C12H15Cl2NO2. The van der Waals surface area contributed by atoms with Crippen LogP contribution in [0.15, 0.2) is 24.3 Å². The molecule has 1 aromatic rings. The number of aliphatic hydroxyl groups excluding tert-OH is 1. The predicted molar refractivity (Wildman–Crippen MR) is 69.5 cm³/mol. The second kappa shape index (κ2) is 6.84. The van der Waals surface area contributed by atoms with Gasteiger partial charge in [0, 0.05) is 5.02 Å². The van der Waals surface area contributed by atoms with Crippen LogP contribution in [0.5, 0.6) is 0 Å². The normalized spacial score (nSPS) is 14.1. The lowest BCUT2D eigenvalue weighted by molar-refractivity contribution is -0.121. The molecule has 0 fully saturated rings. The Morgan fingerprint density at radius 3 is 2.47 bits per heavy atom. The summed E-state index contributed by atoms with van der Waals surface area (Å²) < 4.78 is 0. The molecule has 2 atom stereocenters. The van der Waals surface area contributed by atoms with Crippen LogP contribution in [0, 0.1) is 0 Å². The van der Waals surface area contributed by atoms with E-state index in [0.29, 0.717) is 11.4 Å². The van der Waals surface area contributed by atoms with Crippen LogP contribution in [-0.2, 0) is 11.2 Å². The molecule has 0 bridgehead atoms. The van der Waals surface area contributed by atoms with Gasteiger partial charge in [0.2, 0.25) is 5.91 Å². The Bertz CT molecular complexity index is 365. The van der Waals surface area contributed by atoms with Crippen LogP contribution >= 0.6 is 23.2 Å². The van der Waals surface area contributed by atoms with Gasteiger partial charge in [0.1, 0.15) is 5.38 Å². The van der Waals surface area contributed by atoms with Crippen LogP contribution in [-0.4, -0.2) is 29.0 Å². The maximum atomic E-state index is 11.4. The number of carbonyl (C=O) groups excluding carboxylic acids is 1. The van der Waals surface area contributed by atoms with Crippen molar-refractivity contribution >= 4 is 29.1 Å². The van der Waals surface area contributed by atoms with Crippen molar-refractivity contribution in [2.24, 2.45) is 0 Å². The first kappa shape index (κ1) is 14.3. The highest BCUT2D eigenvalue weighted by atomic mass is 35.5. The Balaban J connectivity index is 2.57. The monoisotopic (exact) mass is 275 g/mol. The van der Waals surface area contributed by atoms with Crippen LogP contribution in [0.25, 0.3) is 0 Å². The molecule has 0 saturated carbocycles. The van der Waals surface area contributed by atoms with Gasteiger partial charge in [-0.15, -0.1) is 11.6 Å². The average molecular weight is 276 g/mol. The van der Waals surface area contributed by atoms with Gasteiger partial charge in [-0.25, -0.2) is 0 Å². The van der Waals surface area contributed by atoms with Crippen LogP contribution in [0.3, 0.4) is 0 Å². The van der Waals surface area contributed by atoms with E-state index in [2.05, 4.69) is 5.32 Å². The summed E-state index contributed by atoms with van der Waals surface area (Å²) in [5.41, 5.74) is 0.996. The number of hydrogen-bond donors (Lipinski definition) is 2. The molecule has 94 valence electrons. The van der Waals surface area contributed by atoms with E-state index in [4.69, 9.17) is 23.2 Å². The quantitative estimate of drug-likeness (QED) is 0.808. The zero-order valence-electron chi connectivity index (χ0n) is 9.49. The number of halogens is 2. The second-order valence-electron chi connectivity index (χ2n) is 3.83. The zero-order chi connectivity index (χ0) is 12.8.